The van der Waals surface area contributed by atoms with Crippen LogP contribution in [0.2, 0.25) is 0 Å². The number of hydrogen-bond acceptors (Lipinski definition) is 5. The van der Waals surface area contributed by atoms with Crippen molar-refractivity contribution >= 4 is 11.8 Å². The lowest BCUT2D eigenvalue weighted by atomic mass is 9.94. The first kappa shape index (κ1) is 19.6. The minimum Gasteiger partial charge on any atom is -0.389 e. The summed E-state index contributed by atoms with van der Waals surface area (Å²) in [7, 11) is 0. The molecule has 0 radical (unpaired) electrons. The average molecular weight is 368 g/mol. The minimum absolute atomic E-state index is 0.0346. The first-order valence-corrected chi connectivity index (χ1v) is 10.1. The largest absolute Gasteiger partial charge is 0.389 e. The van der Waals surface area contributed by atoms with Gasteiger partial charge in [0.15, 0.2) is 0 Å². The maximum absolute atomic E-state index is 12.5. The van der Waals surface area contributed by atoms with Crippen molar-refractivity contribution in [2.75, 3.05) is 32.8 Å². The maximum atomic E-state index is 12.5. The van der Waals surface area contributed by atoms with Gasteiger partial charge in [-0.3, -0.25) is 9.59 Å². The molecule has 0 unspecified atom stereocenters. The fourth-order valence-electron chi connectivity index (χ4n) is 4.30. The fourth-order valence-corrected chi connectivity index (χ4v) is 4.30. The quantitative estimate of drug-likeness (QED) is 0.802. The molecule has 26 heavy (non-hydrogen) atoms. The van der Waals surface area contributed by atoms with Crippen LogP contribution in [0, 0.1) is 0 Å². The van der Waals surface area contributed by atoms with Gasteiger partial charge in [-0.1, -0.05) is 6.92 Å². The number of carbonyl (C=O) groups excluding carboxylic acids is 2. The number of ether oxygens (including phenoxy) is 2. The molecule has 7 heteroatoms. The van der Waals surface area contributed by atoms with Gasteiger partial charge in [0.05, 0.1) is 37.9 Å². The maximum Gasteiger partial charge on any atom is 0.225 e. The lowest BCUT2D eigenvalue weighted by molar-refractivity contribution is -0.170. The first-order valence-electron chi connectivity index (χ1n) is 10.1. The van der Waals surface area contributed by atoms with Gasteiger partial charge in [-0.05, 0) is 32.1 Å². The molecule has 1 N–H and O–H groups in total. The van der Waals surface area contributed by atoms with Crippen molar-refractivity contribution in [1.29, 1.82) is 0 Å². The van der Waals surface area contributed by atoms with Gasteiger partial charge in [-0.2, -0.15) is 0 Å². The average Bonchev–Trinajstić information content (AvgIpc) is 2.65. The molecular weight excluding hydrogens is 336 g/mol. The molecule has 4 atom stereocenters. The molecule has 0 saturated carbocycles. The molecule has 0 bridgehead atoms. The Balaban J connectivity index is 1.60. The van der Waals surface area contributed by atoms with Crippen molar-refractivity contribution in [3.8, 4) is 0 Å². The molecule has 3 saturated heterocycles. The van der Waals surface area contributed by atoms with E-state index in [2.05, 4.69) is 0 Å². The monoisotopic (exact) mass is 368 g/mol. The van der Waals surface area contributed by atoms with E-state index in [1.807, 2.05) is 11.8 Å². The highest BCUT2D eigenvalue weighted by Gasteiger charge is 2.39. The molecule has 3 aliphatic heterocycles. The molecule has 0 aromatic rings. The SMILES string of the molecule is CCC(=O)N1C[C@@H](O)COC[C@H]2O[C@H](CC(=O)N3CCCCC3)CC[C@@H]21. The van der Waals surface area contributed by atoms with Gasteiger partial charge in [-0.15, -0.1) is 0 Å². The molecule has 0 aromatic carbocycles. The van der Waals surface area contributed by atoms with Crippen molar-refractivity contribution in [2.45, 2.75) is 76.2 Å². The van der Waals surface area contributed by atoms with E-state index in [1.54, 1.807) is 4.90 Å². The van der Waals surface area contributed by atoms with Crippen LogP contribution in [-0.2, 0) is 19.1 Å². The number of hydrogen-bond donors (Lipinski definition) is 1. The van der Waals surface area contributed by atoms with Gasteiger partial charge in [0.25, 0.3) is 0 Å². The molecular formula is C19H32N2O5. The molecule has 2 amide bonds. The number of likely N-dealkylation sites (tertiary alicyclic amines) is 1. The lowest BCUT2D eigenvalue weighted by Crippen LogP contribution is -2.57. The van der Waals surface area contributed by atoms with Crippen LogP contribution in [0.4, 0.5) is 0 Å². The smallest absolute Gasteiger partial charge is 0.225 e. The predicted molar refractivity (Wildman–Crippen MR) is 95.6 cm³/mol. The Bertz CT molecular complexity index is 494. The number of piperidine rings is 1. The van der Waals surface area contributed by atoms with E-state index in [-0.39, 0.29) is 43.2 Å². The van der Waals surface area contributed by atoms with E-state index < -0.39 is 6.10 Å². The molecule has 3 fully saturated rings. The Labute approximate surface area is 155 Å². The Morgan fingerprint density at radius 3 is 2.58 bits per heavy atom. The van der Waals surface area contributed by atoms with Crippen molar-refractivity contribution in [2.24, 2.45) is 0 Å². The lowest BCUT2D eigenvalue weighted by Gasteiger charge is -2.44. The second-order valence-corrected chi connectivity index (χ2v) is 7.68. The number of nitrogens with zero attached hydrogens (tertiary/aromatic N) is 2. The van der Waals surface area contributed by atoms with Crippen molar-refractivity contribution in [1.82, 2.24) is 9.80 Å². The second kappa shape index (κ2) is 9.15. The van der Waals surface area contributed by atoms with E-state index in [0.717, 1.165) is 38.8 Å². The summed E-state index contributed by atoms with van der Waals surface area (Å²) in [6.45, 7) is 4.40. The summed E-state index contributed by atoms with van der Waals surface area (Å²) in [4.78, 5) is 28.6. The number of fused-ring (bicyclic) bond motifs is 1. The summed E-state index contributed by atoms with van der Waals surface area (Å²) in [6.07, 6.45) is 4.74. The molecule has 0 aliphatic carbocycles. The van der Waals surface area contributed by atoms with Crippen LogP contribution in [-0.4, -0.2) is 83.9 Å². The summed E-state index contributed by atoms with van der Waals surface area (Å²) in [6, 6.07) is -0.0845. The molecule has 3 heterocycles. The van der Waals surface area contributed by atoms with Crippen molar-refractivity contribution in [3.63, 3.8) is 0 Å². The topological polar surface area (TPSA) is 79.3 Å². The van der Waals surface area contributed by atoms with Crippen LogP contribution in [0.5, 0.6) is 0 Å². The summed E-state index contributed by atoms with van der Waals surface area (Å²) >= 11 is 0. The van der Waals surface area contributed by atoms with E-state index in [1.165, 1.54) is 6.42 Å². The van der Waals surface area contributed by atoms with Crippen LogP contribution in [0.15, 0.2) is 0 Å². The molecule has 148 valence electrons. The third-order valence-corrected chi connectivity index (χ3v) is 5.71. The van der Waals surface area contributed by atoms with Gasteiger partial charge in [-0.25, -0.2) is 0 Å². The van der Waals surface area contributed by atoms with Crippen LogP contribution in [0.25, 0.3) is 0 Å². The Morgan fingerprint density at radius 2 is 1.85 bits per heavy atom. The number of carbonyl (C=O) groups is 2. The van der Waals surface area contributed by atoms with E-state index in [4.69, 9.17) is 9.47 Å². The second-order valence-electron chi connectivity index (χ2n) is 7.68. The highest BCUT2D eigenvalue weighted by molar-refractivity contribution is 5.77. The molecule has 3 rings (SSSR count). The van der Waals surface area contributed by atoms with Crippen molar-refractivity contribution in [3.05, 3.63) is 0 Å². The van der Waals surface area contributed by atoms with Gasteiger partial charge < -0.3 is 24.4 Å². The summed E-state index contributed by atoms with van der Waals surface area (Å²) < 4.78 is 11.8. The normalized spacial score (nSPS) is 33.2. The number of amides is 2. The third kappa shape index (κ3) is 4.75. The Morgan fingerprint density at radius 1 is 1.08 bits per heavy atom. The highest BCUT2D eigenvalue weighted by atomic mass is 16.5. The Kier molecular flexibility index (Phi) is 6.89. The van der Waals surface area contributed by atoms with E-state index in [0.29, 0.717) is 19.4 Å². The van der Waals surface area contributed by atoms with E-state index in [9.17, 15) is 14.7 Å². The third-order valence-electron chi connectivity index (χ3n) is 5.71. The number of β-amino-alcohol motifs (C(OH)–C–C–N with tert-alkyl or cyclic N) is 1. The zero-order chi connectivity index (χ0) is 18.5. The number of aliphatic hydroxyl groups is 1. The van der Waals surface area contributed by atoms with E-state index >= 15 is 0 Å². The van der Waals surface area contributed by atoms with Crippen molar-refractivity contribution < 1.29 is 24.2 Å². The van der Waals surface area contributed by atoms with Gasteiger partial charge in [0.1, 0.15) is 6.10 Å². The Hall–Kier alpha value is -1.18. The minimum atomic E-state index is -0.662. The molecule has 0 spiro atoms. The standard InChI is InChI=1S/C19H32N2O5/c1-2-18(23)21-11-14(22)12-25-13-17-16(21)7-6-15(26-17)10-19(24)20-8-4-3-5-9-20/h14-17,22H,2-13H2,1H3/t14-,15+,16+,17-/m1/s1. The zero-order valence-corrected chi connectivity index (χ0v) is 15.8. The van der Waals surface area contributed by atoms with Crippen LogP contribution < -0.4 is 0 Å². The number of aliphatic hydroxyl groups excluding tert-OH is 1. The van der Waals surface area contributed by atoms with Gasteiger partial charge in [0.2, 0.25) is 11.8 Å². The molecule has 3 aliphatic rings. The zero-order valence-electron chi connectivity index (χ0n) is 15.8. The van der Waals surface area contributed by atoms with Crippen LogP contribution >= 0.6 is 0 Å². The fraction of sp³-hybridized carbons (Fsp3) is 0.895. The molecule has 7 nitrogen and oxygen atoms in total. The van der Waals surface area contributed by atoms with Gasteiger partial charge in [0, 0.05) is 26.1 Å². The summed E-state index contributed by atoms with van der Waals surface area (Å²) in [5, 5.41) is 10.0. The molecule has 0 aromatic heterocycles. The van der Waals surface area contributed by atoms with Crippen LogP contribution in [0.3, 0.4) is 0 Å². The number of rotatable bonds is 3. The predicted octanol–water partition coefficient (Wildman–Crippen LogP) is 0.935. The first-order chi connectivity index (χ1) is 12.6. The summed E-state index contributed by atoms with van der Waals surface area (Å²) in [5.41, 5.74) is 0. The summed E-state index contributed by atoms with van der Waals surface area (Å²) in [5.74, 6) is 0.212. The van der Waals surface area contributed by atoms with Gasteiger partial charge >= 0.3 is 0 Å². The van der Waals surface area contributed by atoms with Crippen LogP contribution in [0.1, 0.15) is 51.9 Å². The highest BCUT2D eigenvalue weighted by Crippen LogP contribution is 2.28.